The lowest BCUT2D eigenvalue weighted by Gasteiger charge is -2.26. The van der Waals surface area contributed by atoms with Crippen molar-refractivity contribution in [3.8, 4) is 0 Å². The minimum absolute atomic E-state index is 0.0775. The summed E-state index contributed by atoms with van der Waals surface area (Å²) in [5.74, 6) is 0.630. The van der Waals surface area contributed by atoms with Crippen molar-refractivity contribution in [2.24, 2.45) is 13.0 Å². The van der Waals surface area contributed by atoms with Crippen molar-refractivity contribution in [2.45, 2.75) is 65.0 Å². The van der Waals surface area contributed by atoms with E-state index in [-0.39, 0.29) is 6.10 Å². The first-order valence-electron chi connectivity index (χ1n) is 8.08. The molecule has 4 heteroatoms. The average Bonchev–Trinajstić information content (AvgIpc) is 2.74. The van der Waals surface area contributed by atoms with E-state index in [1.807, 2.05) is 11.7 Å². The molecular formula is C16H29N3O. The number of hydrogen-bond acceptors (Lipinski definition) is 3. The fraction of sp³-hybridized carbons (Fsp3) is 0.812. The number of hydrogen-bond donors (Lipinski definition) is 2. The Morgan fingerprint density at radius 3 is 2.75 bits per heavy atom. The lowest BCUT2D eigenvalue weighted by atomic mass is 9.87. The largest absolute Gasteiger partial charge is 0.393 e. The van der Waals surface area contributed by atoms with Crippen molar-refractivity contribution in [1.29, 1.82) is 0 Å². The Morgan fingerprint density at radius 2 is 2.10 bits per heavy atom. The highest BCUT2D eigenvalue weighted by Crippen LogP contribution is 2.23. The van der Waals surface area contributed by atoms with Crippen LogP contribution in [0.4, 0.5) is 0 Å². The third-order valence-corrected chi connectivity index (χ3v) is 4.52. The van der Waals surface area contributed by atoms with E-state index in [2.05, 4.69) is 24.3 Å². The first kappa shape index (κ1) is 15.5. The summed E-state index contributed by atoms with van der Waals surface area (Å²) in [5, 5.41) is 17.9. The van der Waals surface area contributed by atoms with Gasteiger partial charge < -0.3 is 10.4 Å². The topological polar surface area (TPSA) is 50.1 Å². The second-order valence-corrected chi connectivity index (χ2v) is 6.02. The summed E-state index contributed by atoms with van der Waals surface area (Å²) in [5.41, 5.74) is 3.95. The summed E-state index contributed by atoms with van der Waals surface area (Å²) in [6.07, 6.45) is 6.31. The van der Waals surface area contributed by atoms with E-state index in [4.69, 9.17) is 0 Å². The molecule has 0 spiro atoms. The van der Waals surface area contributed by atoms with Crippen LogP contribution in [0.1, 0.15) is 56.5 Å². The molecule has 2 N–H and O–H groups in total. The molecule has 1 saturated carbocycles. The Labute approximate surface area is 122 Å². The van der Waals surface area contributed by atoms with Gasteiger partial charge in [0.25, 0.3) is 0 Å². The predicted molar refractivity (Wildman–Crippen MR) is 81.6 cm³/mol. The Balaban J connectivity index is 1.90. The molecule has 2 rings (SSSR count). The monoisotopic (exact) mass is 279 g/mol. The van der Waals surface area contributed by atoms with Crippen molar-refractivity contribution in [2.75, 3.05) is 6.54 Å². The van der Waals surface area contributed by atoms with Gasteiger partial charge in [-0.1, -0.05) is 20.3 Å². The van der Waals surface area contributed by atoms with E-state index in [0.717, 1.165) is 38.8 Å². The van der Waals surface area contributed by atoms with Crippen molar-refractivity contribution < 1.29 is 5.11 Å². The van der Waals surface area contributed by atoms with Gasteiger partial charge in [0, 0.05) is 24.8 Å². The van der Waals surface area contributed by atoms with Gasteiger partial charge in [0.1, 0.15) is 0 Å². The van der Waals surface area contributed by atoms with E-state index in [1.54, 1.807) is 0 Å². The van der Waals surface area contributed by atoms with Gasteiger partial charge in [-0.3, -0.25) is 4.68 Å². The molecule has 1 aromatic heterocycles. The van der Waals surface area contributed by atoms with Gasteiger partial charge in [0.15, 0.2) is 0 Å². The zero-order chi connectivity index (χ0) is 14.5. The smallest absolute Gasteiger partial charge is 0.0669 e. The maximum atomic E-state index is 9.72. The number of aliphatic hydroxyl groups is 1. The van der Waals surface area contributed by atoms with Crippen molar-refractivity contribution in [3.63, 3.8) is 0 Å². The molecule has 0 aromatic carbocycles. The van der Waals surface area contributed by atoms with Crippen LogP contribution in [0.2, 0.25) is 0 Å². The molecule has 1 aliphatic carbocycles. The summed E-state index contributed by atoms with van der Waals surface area (Å²) >= 11 is 0. The van der Waals surface area contributed by atoms with Crippen LogP contribution < -0.4 is 5.32 Å². The van der Waals surface area contributed by atoms with Crippen molar-refractivity contribution in [3.05, 3.63) is 17.0 Å². The van der Waals surface area contributed by atoms with Gasteiger partial charge in [-0.15, -0.1) is 0 Å². The highest BCUT2D eigenvalue weighted by molar-refractivity contribution is 5.26. The molecule has 0 radical (unpaired) electrons. The Morgan fingerprint density at radius 1 is 1.30 bits per heavy atom. The van der Waals surface area contributed by atoms with E-state index in [1.165, 1.54) is 29.8 Å². The number of aryl methyl sites for hydroxylation is 2. The maximum absolute atomic E-state index is 9.72. The molecule has 0 aliphatic heterocycles. The summed E-state index contributed by atoms with van der Waals surface area (Å²) in [7, 11) is 2.04. The molecule has 1 heterocycles. The second-order valence-electron chi connectivity index (χ2n) is 6.02. The fourth-order valence-corrected chi connectivity index (χ4v) is 3.44. The standard InChI is InChI=1S/C16H29N3O/c1-4-15-14(16(5-2)19(3)18-15)11-17-10-12-7-6-8-13(20)9-12/h12-13,17,20H,4-11H2,1-3H3. The number of aliphatic hydroxyl groups excluding tert-OH is 1. The molecule has 114 valence electrons. The van der Waals surface area contributed by atoms with Crippen LogP contribution in [-0.4, -0.2) is 27.5 Å². The third kappa shape index (κ3) is 3.61. The average molecular weight is 279 g/mol. The normalized spacial score (nSPS) is 23.2. The summed E-state index contributed by atoms with van der Waals surface area (Å²) in [6.45, 7) is 6.28. The van der Waals surface area contributed by atoms with Gasteiger partial charge in [-0.05, 0) is 44.6 Å². The van der Waals surface area contributed by atoms with Gasteiger partial charge in [-0.25, -0.2) is 0 Å². The minimum atomic E-state index is -0.0775. The third-order valence-electron chi connectivity index (χ3n) is 4.52. The van der Waals surface area contributed by atoms with E-state index in [9.17, 15) is 5.11 Å². The number of aromatic nitrogens is 2. The molecule has 0 bridgehead atoms. The van der Waals surface area contributed by atoms with Crippen LogP contribution in [0.25, 0.3) is 0 Å². The van der Waals surface area contributed by atoms with Gasteiger partial charge >= 0.3 is 0 Å². The van der Waals surface area contributed by atoms with E-state index in [0.29, 0.717) is 5.92 Å². The quantitative estimate of drug-likeness (QED) is 0.839. The van der Waals surface area contributed by atoms with E-state index < -0.39 is 0 Å². The Kier molecular flexibility index (Phi) is 5.61. The molecule has 1 fully saturated rings. The van der Waals surface area contributed by atoms with Crippen LogP contribution in [-0.2, 0) is 26.4 Å². The Bertz CT molecular complexity index is 428. The SMILES string of the molecule is CCc1nn(C)c(CC)c1CNCC1CCCC(O)C1. The molecule has 1 aliphatic rings. The van der Waals surface area contributed by atoms with Crippen LogP contribution >= 0.6 is 0 Å². The minimum Gasteiger partial charge on any atom is -0.393 e. The molecule has 4 nitrogen and oxygen atoms in total. The Hall–Kier alpha value is -0.870. The fourth-order valence-electron chi connectivity index (χ4n) is 3.44. The maximum Gasteiger partial charge on any atom is 0.0669 e. The van der Waals surface area contributed by atoms with Crippen LogP contribution in [0.3, 0.4) is 0 Å². The first-order chi connectivity index (χ1) is 9.65. The summed E-state index contributed by atoms with van der Waals surface area (Å²) < 4.78 is 2.03. The highest BCUT2D eigenvalue weighted by atomic mass is 16.3. The van der Waals surface area contributed by atoms with Crippen LogP contribution in [0, 0.1) is 5.92 Å². The zero-order valence-corrected chi connectivity index (χ0v) is 13.2. The molecule has 1 aromatic rings. The summed E-state index contributed by atoms with van der Waals surface area (Å²) in [6, 6.07) is 0. The molecule has 0 amide bonds. The molecule has 2 unspecified atom stereocenters. The zero-order valence-electron chi connectivity index (χ0n) is 13.2. The number of nitrogens with one attached hydrogen (secondary N) is 1. The van der Waals surface area contributed by atoms with Crippen molar-refractivity contribution in [1.82, 2.24) is 15.1 Å². The first-order valence-corrected chi connectivity index (χ1v) is 8.08. The lowest BCUT2D eigenvalue weighted by Crippen LogP contribution is -2.29. The lowest BCUT2D eigenvalue weighted by molar-refractivity contribution is 0.101. The molecule has 20 heavy (non-hydrogen) atoms. The molecule has 0 saturated heterocycles. The van der Waals surface area contributed by atoms with Crippen molar-refractivity contribution >= 4 is 0 Å². The van der Waals surface area contributed by atoms with Gasteiger partial charge in [0.05, 0.1) is 11.8 Å². The van der Waals surface area contributed by atoms with Crippen LogP contribution in [0.5, 0.6) is 0 Å². The predicted octanol–water partition coefficient (Wildman–Crippen LogP) is 2.19. The van der Waals surface area contributed by atoms with Gasteiger partial charge in [-0.2, -0.15) is 5.10 Å². The number of rotatable bonds is 6. The summed E-state index contributed by atoms with van der Waals surface area (Å²) in [4.78, 5) is 0. The van der Waals surface area contributed by atoms with Gasteiger partial charge in [0.2, 0.25) is 0 Å². The number of nitrogens with zero attached hydrogens (tertiary/aromatic N) is 2. The highest BCUT2D eigenvalue weighted by Gasteiger charge is 2.20. The second kappa shape index (κ2) is 7.23. The van der Waals surface area contributed by atoms with Crippen LogP contribution in [0.15, 0.2) is 0 Å². The molecular weight excluding hydrogens is 250 g/mol. The molecule has 2 atom stereocenters. The van der Waals surface area contributed by atoms with E-state index >= 15 is 0 Å².